The van der Waals surface area contributed by atoms with Crippen LogP contribution in [0, 0.1) is 5.92 Å². The van der Waals surface area contributed by atoms with E-state index in [2.05, 4.69) is 6.08 Å². The van der Waals surface area contributed by atoms with E-state index in [-0.39, 0.29) is 5.78 Å². The van der Waals surface area contributed by atoms with Crippen LogP contribution >= 0.6 is 0 Å². The number of allylic oxidation sites excluding steroid dienone is 3. The fourth-order valence-electron chi connectivity index (χ4n) is 2.72. The first kappa shape index (κ1) is 9.59. The molecule has 2 aliphatic rings. The molecule has 1 atom stereocenters. The maximum Gasteiger partial charge on any atom is 0.182 e. The lowest BCUT2D eigenvalue weighted by molar-refractivity contribution is -0.111. The number of carbonyl (C=O) groups excluding carboxylic acids is 1. The van der Waals surface area contributed by atoms with Crippen molar-refractivity contribution in [1.82, 2.24) is 0 Å². The Labute approximate surface area is 95.5 Å². The molecule has 0 bridgehead atoms. The Morgan fingerprint density at radius 3 is 2.81 bits per heavy atom. The van der Waals surface area contributed by atoms with Crippen LogP contribution in [0.3, 0.4) is 0 Å². The second-order valence-electron chi connectivity index (χ2n) is 4.54. The maximum atomic E-state index is 11.8. The molecule has 0 amide bonds. The van der Waals surface area contributed by atoms with Crippen molar-refractivity contribution in [3.8, 4) is 0 Å². The molecule has 0 N–H and O–H groups in total. The van der Waals surface area contributed by atoms with Crippen LogP contribution in [0.25, 0.3) is 6.08 Å². The summed E-state index contributed by atoms with van der Waals surface area (Å²) in [5.74, 6) is 0.649. The lowest BCUT2D eigenvalue weighted by Crippen LogP contribution is -2.01. The molecule has 0 radical (unpaired) electrons. The van der Waals surface area contributed by atoms with E-state index in [0.717, 1.165) is 24.0 Å². The third-order valence-corrected chi connectivity index (χ3v) is 3.50. The van der Waals surface area contributed by atoms with Gasteiger partial charge in [0.2, 0.25) is 0 Å². The van der Waals surface area contributed by atoms with E-state index < -0.39 is 0 Å². The Kier molecular flexibility index (Phi) is 2.24. The van der Waals surface area contributed by atoms with Crippen molar-refractivity contribution in [2.45, 2.75) is 19.3 Å². The number of hydrogen-bond acceptors (Lipinski definition) is 1. The average Bonchev–Trinajstić information content (AvgIpc) is 2.84. The fraction of sp³-hybridized carbons (Fsp3) is 0.267. The van der Waals surface area contributed by atoms with E-state index in [1.807, 2.05) is 36.4 Å². The normalized spacial score (nSPS) is 26.0. The fourth-order valence-corrected chi connectivity index (χ4v) is 2.72. The van der Waals surface area contributed by atoms with Gasteiger partial charge in [-0.05, 0) is 37.0 Å². The molecule has 1 aromatic rings. The topological polar surface area (TPSA) is 17.1 Å². The van der Waals surface area contributed by atoms with Crippen LogP contribution in [0.2, 0.25) is 0 Å². The number of fused-ring (bicyclic) bond motifs is 1. The first-order valence-electron chi connectivity index (χ1n) is 5.86. The van der Waals surface area contributed by atoms with E-state index in [0.29, 0.717) is 5.92 Å². The molecule has 1 nitrogen and oxygen atoms in total. The summed E-state index contributed by atoms with van der Waals surface area (Å²) in [6, 6.07) is 10.1. The SMILES string of the molecule is O=C1C=C2CCCC2/C1=C\c1ccccc1. The van der Waals surface area contributed by atoms with E-state index >= 15 is 0 Å². The first-order valence-corrected chi connectivity index (χ1v) is 5.86. The summed E-state index contributed by atoms with van der Waals surface area (Å²) in [6.07, 6.45) is 7.41. The van der Waals surface area contributed by atoms with E-state index in [1.165, 1.54) is 12.0 Å². The third kappa shape index (κ3) is 1.53. The van der Waals surface area contributed by atoms with Crippen molar-refractivity contribution < 1.29 is 4.79 Å². The highest BCUT2D eigenvalue weighted by Gasteiger charge is 2.33. The molecular formula is C15H14O. The minimum atomic E-state index is 0.226. The molecule has 16 heavy (non-hydrogen) atoms. The lowest BCUT2D eigenvalue weighted by atomic mass is 9.96. The Balaban J connectivity index is 1.97. The van der Waals surface area contributed by atoms with Crippen molar-refractivity contribution in [3.63, 3.8) is 0 Å². The summed E-state index contributed by atoms with van der Waals surface area (Å²) in [7, 11) is 0. The number of hydrogen-bond donors (Lipinski definition) is 0. The van der Waals surface area contributed by atoms with Crippen LogP contribution in [-0.2, 0) is 4.79 Å². The Morgan fingerprint density at radius 2 is 2.00 bits per heavy atom. The van der Waals surface area contributed by atoms with Gasteiger partial charge in [0.15, 0.2) is 5.78 Å². The van der Waals surface area contributed by atoms with E-state index in [1.54, 1.807) is 0 Å². The van der Waals surface area contributed by atoms with Crippen LogP contribution < -0.4 is 0 Å². The van der Waals surface area contributed by atoms with Gasteiger partial charge in [-0.25, -0.2) is 0 Å². The second-order valence-corrected chi connectivity index (χ2v) is 4.54. The average molecular weight is 210 g/mol. The van der Waals surface area contributed by atoms with E-state index in [4.69, 9.17) is 0 Å². The minimum Gasteiger partial charge on any atom is -0.290 e. The summed E-state index contributed by atoms with van der Waals surface area (Å²) in [5, 5.41) is 0. The van der Waals surface area contributed by atoms with Gasteiger partial charge < -0.3 is 0 Å². The molecule has 1 saturated carbocycles. The molecule has 1 fully saturated rings. The maximum absolute atomic E-state index is 11.8. The molecule has 80 valence electrons. The third-order valence-electron chi connectivity index (χ3n) is 3.50. The van der Waals surface area contributed by atoms with Crippen LogP contribution in [0.15, 0.2) is 47.6 Å². The largest absolute Gasteiger partial charge is 0.290 e. The van der Waals surface area contributed by atoms with Gasteiger partial charge in [0.1, 0.15) is 0 Å². The van der Waals surface area contributed by atoms with Crippen LogP contribution in [0.4, 0.5) is 0 Å². The highest BCUT2D eigenvalue weighted by molar-refractivity contribution is 6.11. The van der Waals surface area contributed by atoms with Gasteiger partial charge in [-0.1, -0.05) is 35.9 Å². The zero-order valence-corrected chi connectivity index (χ0v) is 9.15. The smallest absolute Gasteiger partial charge is 0.182 e. The van der Waals surface area contributed by atoms with Gasteiger partial charge in [-0.2, -0.15) is 0 Å². The van der Waals surface area contributed by atoms with Gasteiger partial charge in [0, 0.05) is 11.5 Å². The Morgan fingerprint density at radius 1 is 1.19 bits per heavy atom. The van der Waals surface area contributed by atoms with Crippen LogP contribution in [-0.4, -0.2) is 5.78 Å². The minimum absolute atomic E-state index is 0.226. The summed E-state index contributed by atoms with van der Waals surface area (Å²) >= 11 is 0. The van der Waals surface area contributed by atoms with Crippen molar-refractivity contribution in [2.24, 2.45) is 5.92 Å². The summed E-state index contributed by atoms with van der Waals surface area (Å²) in [5.41, 5.74) is 3.48. The zero-order chi connectivity index (χ0) is 11.0. The van der Waals surface area contributed by atoms with Crippen molar-refractivity contribution in [2.75, 3.05) is 0 Å². The highest BCUT2D eigenvalue weighted by atomic mass is 16.1. The van der Waals surface area contributed by atoms with Gasteiger partial charge in [0.05, 0.1) is 0 Å². The van der Waals surface area contributed by atoms with Gasteiger partial charge in [-0.3, -0.25) is 4.79 Å². The van der Waals surface area contributed by atoms with Crippen molar-refractivity contribution in [1.29, 1.82) is 0 Å². The number of carbonyl (C=O) groups is 1. The number of benzene rings is 1. The Hall–Kier alpha value is -1.63. The van der Waals surface area contributed by atoms with E-state index in [9.17, 15) is 4.79 Å². The molecule has 0 aliphatic heterocycles. The number of rotatable bonds is 1. The first-order chi connectivity index (χ1) is 7.84. The quantitative estimate of drug-likeness (QED) is 0.649. The summed E-state index contributed by atoms with van der Waals surface area (Å²) in [6.45, 7) is 0. The molecule has 1 unspecified atom stereocenters. The summed E-state index contributed by atoms with van der Waals surface area (Å²) in [4.78, 5) is 11.8. The van der Waals surface area contributed by atoms with Gasteiger partial charge in [-0.15, -0.1) is 0 Å². The van der Waals surface area contributed by atoms with Gasteiger partial charge >= 0.3 is 0 Å². The molecule has 1 heteroatoms. The molecule has 0 aromatic heterocycles. The number of ketones is 1. The molecule has 2 aliphatic carbocycles. The molecular weight excluding hydrogens is 196 g/mol. The molecule has 3 rings (SSSR count). The lowest BCUT2D eigenvalue weighted by Gasteiger charge is -2.06. The predicted octanol–water partition coefficient (Wildman–Crippen LogP) is 3.38. The zero-order valence-electron chi connectivity index (χ0n) is 9.15. The molecule has 0 spiro atoms. The monoisotopic (exact) mass is 210 g/mol. The summed E-state index contributed by atoms with van der Waals surface area (Å²) < 4.78 is 0. The Bertz CT molecular complexity index is 479. The van der Waals surface area contributed by atoms with Crippen molar-refractivity contribution >= 4 is 11.9 Å². The second kappa shape index (κ2) is 3.75. The molecule has 1 aromatic carbocycles. The molecule has 0 saturated heterocycles. The van der Waals surface area contributed by atoms with Crippen LogP contribution in [0.5, 0.6) is 0 Å². The highest BCUT2D eigenvalue weighted by Crippen LogP contribution is 2.42. The predicted molar refractivity (Wildman–Crippen MR) is 64.9 cm³/mol. The van der Waals surface area contributed by atoms with Gasteiger partial charge in [0.25, 0.3) is 0 Å². The standard InChI is InChI=1S/C15H14O/c16-15-10-12-7-4-8-13(12)14(15)9-11-5-2-1-3-6-11/h1-3,5-6,9-10,13H,4,7-8H2/b14-9+. The van der Waals surface area contributed by atoms with Crippen molar-refractivity contribution in [3.05, 3.63) is 53.1 Å². The van der Waals surface area contributed by atoms with Crippen LogP contribution in [0.1, 0.15) is 24.8 Å². The molecule has 0 heterocycles.